The number of sulfonamides is 1. The van der Waals surface area contributed by atoms with Crippen LogP contribution in [0.25, 0.3) is 44.5 Å². The summed E-state index contributed by atoms with van der Waals surface area (Å²) in [4.78, 5) is 115. The van der Waals surface area contributed by atoms with Crippen molar-refractivity contribution in [2.75, 3.05) is 24.2 Å². The minimum atomic E-state index is -4.20. The molecule has 21 nitrogen and oxygen atoms in total. The summed E-state index contributed by atoms with van der Waals surface area (Å²) in [6.45, 7) is 7.31. The van der Waals surface area contributed by atoms with Crippen LogP contribution in [0.3, 0.4) is 0 Å². The fourth-order valence-electron chi connectivity index (χ4n) is 14.2. The first-order valence-electron chi connectivity index (χ1n) is 31.1. The van der Waals surface area contributed by atoms with Crippen LogP contribution in [0.1, 0.15) is 106 Å². The molecule has 93 heavy (non-hydrogen) atoms. The lowest BCUT2D eigenvalue weighted by molar-refractivity contribution is -0.176. The standard InChI is InChI=1S/C70H70IN7O14S/c1-39(2)59(64(84)92-70(71)53-34-57-60-44(31-43-14-5-10-21-54(43)74-60)35-78(57)62(81)52(53)37-90-65(70)85)76-61(80)55(22-11-12-29-72-67(87)91-36-51-49-19-8-6-17-47(49)48-18-7-9-20-50(48)51)75-66(86)73-46-16-13-15-42(32-46)41-25-23-40(24-26-41)30-56(63(82)83)77-93(88,89)38-69-28-27-45(33-58(69)79)68(69,3)4/h5-10,13-21,23-26,31-32,34,39,45,51,55-56,59,77H,11-12,22,27-30,33,35-38H2,1-4H3,(H,72,87)(H,76,80)(H,82,83)(H2,73,75,86)/t45?,55-,56-,59-,69?,70-/m0/s1. The number of halogens is 1. The Morgan fingerprint density at radius 2 is 1.54 bits per heavy atom. The largest absolute Gasteiger partial charge is 0.480 e. The number of esters is 2. The van der Waals surface area contributed by atoms with Gasteiger partial charge in [-0.15, -0.1) is 0 Å². The number of unbranched alkanes of at least 4 members (excludes halogenated alkanes) is 1. The number of anilines is 1. The SMILES string of the molecule is CC(C)[C@H](NC(=O)[C@H](CCCCNC(=O)OCC1c2ccccc2-c2ccccc21)NC(=O)Nc1cccc(-c2ccc(C[C@H](NS(=O)(=O)CC34CCC(CC3=O)C4(C)C)C(=O)O)cc2)c1)C(=O)O[C@]1(I)C(=O)OCc2c1cc1n(c2=O)Cc2cc3ccccc3nc2-1. The third-order valence-corrected chi connectivity index (χ3v) is 22.1. The van der Waals surface area contributed by atoms with Crippen molar-refractivity contribution in [3.05, 3.63) is 177 Å². The molecular formula is C70H70IN7O14S. The molecule has 0 radical (unpaired) electrons. The van der Waals surface area contributed by atoms with E-state index in [9.17, 15) is 51.9 Å². The highest BCUT2D eigenvalue weighted by Crippen LogP contribution is 2.64. The number of ketones is 1. The number of carboxylic acid groups (broad SMARTS) is 1. The van der Waals surface area contributed by atoms with Crippen molar-refractivity contribution in [2.24, 2.45) is 22.7 Å². The molecular weight excluding hydrogens is 1320 g/mol. The zero-order chi connectivity index (χ0) is 65.7. The topological polar surface area (TPSA) is 297 Å². The number of para-hydroxylation sites is 1. The molecule has 2 aromatic heterocycles. The van der Waals surface area contributed by atoms with E-state index in [0.717, 1.165) is 39.6 Å². The van der Waals surface area contributed by atoms with Crippen molar-refractivity contribution in [1.29, 1.82) is 0 Å². The van der Waals surface area contributed by atoms with Gasteiger partial charge in [0.05, 0.1) is 34.8 Å². The molecule has 6 atom stereocenters. The second kappa shape index (κ2) is 25.6. The fraction of sp³-hybridized carbons (Fsp3) is 0.357. The van der Waals surface area contributed by atoms with Crippen LogP contribution in [-0.4, -0.2) is 102 Å². The monoisotopic (exact) mass is 1390 g/mol. The number of nitrogens with one attached hydrogen (secondary N) is 5. The maximum Gasteiger partial charge on any atom is 0.407 e. The number of carboxylic acids is 1. The van der Waals surface area contributed by atoms with Crippen LogP contribution in [0.2, 0.25) is 0 Å². The number of amides is 4. The number of aliphatic carboxylic acids is 1. The molecule has 5 aliphatic rings. The summed E-state index contributed by atoms with van der Waals surface area (Å²) in [6.07, 6.45) is 1.37. The molecule has 4 amide bonds. The molecule has 482 valence electrons. The lowest BCUT2D eigenvalue weighted by atomic mass is 9.70. The van der Waals surface area contributed by atoms with E-state index in [1.165, 1.54) is 0 Å². The predicted molar refractivity (Wildman–Crippen MR) is 354 cm³/mol. The summed E-state index contributed by atoms with van der Waals surface area (Å²) >= 11 is 1.67. The van der Waals surface area contributed by atoms with Gasteiger partial charge in [-0.1, -0.05) is 131 Å². The van der Waals surface area contributed by atoms with E-state index in [1.54, 1.807) is 95.6 Å². The van der Waals surface area contributed by atoms with Gasteiger partial charge in [-0.25, -0.2) is 37.3 Å². The Labute approximate surface area is 550 Å². The molecule has 0 spiro atoms. The van der Waals surface area contributed by atoms with Gasteiger partial charge in [-0.05, 0) is 148 Å². The van der Waals surface area contributed by atoms with E-state index in [2.05, 4.69) is 26.0 Å². The lowest BCUT2D eigenvalue weighted by Crippen LogP contribution is -2.55. The number of benzene rings is 5. The van der Waals surface area contributed by atoms with Crippen LogP contribution in [0.15, 0.2) is 138 Å². The Morgan fingerprint density at radius 3 is 2.23 bits per heavy atom. The van der Waals surface area contributed by atoms with Gasteiger partial charge < -0.3 is 45.2 Å². The minimum absolute atomic E-state index is 0.0247. The zero-order valence-corrected chi connectivity index (χ0v) is 54.6. The van der Waals surface area contributed by atoms with Crippen LogP contribution < -0.4 is 31.5 Å². The van der Waals surface area contributed by atoms with Gasteiger partial charge in [-0.2, -0.15) is 0 Å². The molecule has 4 heterocycles. The zero-order valence-electron chi connectivity index (χ0n) is 51.6. The molecule has 2 fully saturated rings. The quantitative estimate of drug-likeness (QED) is 0.0121. The van der Waals surface area contributed by atoms with E-state index in [0.29, 0.717) is 58.5 Å². The first-order valence-corrected chi connectivity index (χ1v) is 33.8. The number of urea groups is 1. The van der Waals surface area contributed by atoms with Gasteiger partial charge in [0.2, 0.25) is 15.9 Å². The Kier molecular flexibility index (Phi) is 17.7. The van der Waals surface area contributed by atoms with Gasteiger partial charge in [-0.3, -0.25) is 19.2 Å². The molecule has 2 saturated carbocycles. The van der Waals surface area contributed by atoms with Crippen LogP contribution in [0, 0.1) is 22.7 Å². The highest BCUT2D eigenvalue weighted by Gasteiger charge is 2.65. The van der Waals surface area contributed by atoms with E-state index in [4.69, 9.17) is 19.2 Å². The normalized spacial score (nSPS) is 19.9. The molecule has 3 aliphatic carbocycles. The number of cyclic esters (lactones) is 1. The number of hydrogen-bond donors (Lipinski definition) is 6. The number of pyridine rings is 2. The molecule has 23 heteroatoms. The molecule has 6 N–H and O–H groups in total. The first kappa shape index (κ1) is 64.3. The number of nitrogens with zero attached hydrogens (tertiary/aromatic N) is 2. The number of Topliss-reactive ketones (excluding diaryl/α,β-unsaturated/α-hetero) is 1. The minimum Gasteiger partial charge on any atom is -0.480 e. The lowest BCUT2D eigenvalue weighted by Gasteiger charge is -2.36. The highest BCUT2D eigenvalue weighted by atomic mass is 127. The number of alkyl carbamates (subject to hydrolysis) is 1. The summed E-state index contributed by atoms with van der Waals surface area (Å²) in [5, 5.41) is 22.2. The van der Waals surface area contributed by atoms with Crippen LogP contribution >= 0.6 is 22.6 Å². The van der Waals surface area contributed by atoms with Gasteiger partial charge in [0.25, 0.3) is 9.17 Å². The maximum atomic E-state index is 14.6. The summed E-state index contributed by atoms with van der Waals surface area (Å²) < 4.78 is 46.3. The number of rotatable bonds is 22. The summed E-state index contributed by atoms with van der Waals surface area (Å²) in [7, 11) is -4.20. The second-order valence-corrected chi connectivity index (χ2v) is 28.9. The third-order valence-electron chi connectivity index (χ3n) is 19.4. The van der Waals surface area contributed by atoms with Crippen molar-refractivity contribution < 1.29 is 61.3 Å². The first-order chi connectivity index (χ1) is 44.4. The molecule has 12 rings (SSSR count). The predicted octanol–water partition coefficient (Wildman–Crippen LogP) is 9.63. The molecule has 7 aromatic rings. The molecule has 0 saturated heterocycles. The van der Waals surface area contributed by atoms with E-state index in [1.807, 2.05) is 92.7 Å². The number of fused-ring (bicyclic) bond motifs is 10. The Morgan fingerprint density at radius 1 is 0.828 bits per heavy atom. The Balaban J connectivity index is 0.719. The number of aromatic nitrogens is 2. The van der Waals surface area contributed by atoms with E-state index < -0.39 is 95.8 Å². The smallest absolute Gasteiger partial charge is 0.407 e. The van der Waals surface area contributed by atoms with Crippen molar-refractivity contribution in [1.82, 2.24) is 30.2 Å². The molecule has 2 aliphatic heterocycles. The van der Waals surface area contributed by atoms with Crippen molar-refractivity contribution >= 4 is 90.9 Å². The van der Waals surface area contributed by atoms with Gasteiger partial charge in [0.1, 0.15) is 37.1 Å². The van der Waals surface area contributed by atoms with Gasteiger partial charge in [0.15, 0.2) is 0 Å². The van der Waals surface area contributed by atoms with Crippen molar-refractivity contribution in [2.45, 2.75) is 113 Å². The third kappa shape index (κ3) is 12.5. The summed E-state index contributed by atoms with van der Waals surface area (Å²) in [5.41, 5.74) is 7.15. The maximum absolute atomic E-state index is 14.6. The highest BCUT2D eigenvalue weighted by molar-refractivity contribution is 14.1. The Hall–Kier alpha value is -8.81. The number of ether oxygens (including phenoxy) is 3. The fourth-order valence-corrected chi connectivity index (χ4v) is 17.0. The van der Waals surface area contributed by atoms with Crippen molar-refractivity contribution in [3.63, 3.8) is 0 Å². The van der Waals surface area contributed by atoms with E-state index in [-0.39, 0.29) is 74.3 Å². The summed E-state index contributed by atoms with van der Waals surface area (Å²) in [5.74, 6) is -5.35. The number of alkyl halides is 1. The average Bonchev–Trinajstić information content (AvgIpc) is 1.63. The number of carbonyl (C=O) groups excluding carboxylic acids is 6. The number of carbonyl (C=O) groups is 7. The van der Waals surface area contributed by atoms with Crippen LogP contribution in [0.5, 0.6) is 0 Å². The van der Waals surface area contributed by atoms with Crippen LogP contribution in [-0.2, 0) is 71.4 Å². The molecule has 2 bridgehead atoms. The van der Waals surface area contributed by atoms with Gasteiger partial charge >= 0.3 is 30.0 Å². The Bertz CT molecular complexity index is 4340. The van der Waals surface area contributed by atoms with E-state index >= 15 is 0 Å². The second-order valence-electron chi connectivity index (χ2n) is 25.6. The van der Waals surface area contributed by atoms with Crippen LogP contribution in [0.4, 0.5) is 15.3 Å². The average molecular weight is 1390 g/mol. The molecule has 2 unspecified atom stereocenters. The summed E-state index contributed by atoms with van der Waals surface area (Å²) in [6, 6.07) is 35.8. The van der Waals surface area contributed by atoms with Gasteiger partial charge in [0, 0.05) is 46.5 Å². The number of hydrogen-bond acceptors (Lipinski definition) is 14. The van der Waals surface area contributed by atoms with Crippen molar-refractivity contribution in [3.8, 4) is 33.6 Å². The molecule has 5 aromatic carbocycles.